The molecule has 0 spiro atoms. The van der Waals surface area contributed by atoms with Crippen LogP contribution in [0.5, 0.6) is 0 Å². The van der Waals surface area contributed by atoms with Crippen molar-refractivity contribution in [3.05, 3.63) is 35.0 Å². The number of nitrogens with zero attached hydrogens (tertiary/aromatic N) is 1. The zero-order chi connectivity index (χ0) is 19.2. The number of hydrogen-bond acceptors (Lipinski definition) is 4. The number of fused-ring (bicyclic) bond motifs is 1. The zero-order valence-corrected chi connectivity index (χ0v) is 15.5. The molecule has 0 bridgehead atoms. The lowest BCUT2D eigenvalue weighted by molar-refractivity contribution is -0.141. The van der Waals surface area contributed by atoms with E-state index < -0.39 is 11.9 Å². The normalized spacial score (nSPS) is 12.1. The standard InChI is InChI=1S/C18H22ClF3N2O2/c1-3-25-17(26-4-2)6-5-9-23-14-11-16(18(20,21)22)24-15-10-12(19)7-8-13(14)15/h7-8,10-11,17H,3-6,9H2,1-2H3,(H,23,24). The van der Waals surface area contributed by atoms with Gasteiger partial charge in [0.05, 0.1) is 5.52 Å². The van der Waals surface area contributed by atoms with E-state index in [0.717, 1.165) is 6.07 Å². The Kier molecular flexibility index (Phi) is 7.49. The van der Waals surface area contributed by atoms with Crippen molar-refractivity contribution >= 4 is 28.2 Å². The second-order valence-electron chi connectivity index (χ2n) is 5.62. The van der Waals surface area contributed by atoms with E-state index in [1.54, 1.807) is 12.1 Å². The summed E-state index contributed by atoms with van der Waals surface area (Å²) in [6, 6.07) is 5.75. The van der Waals surface area contributed by atoms with E-state index in [0.29, 0.717) is 48.7 Å². The number of aromatic nitrogens is 1. The van der Waals surface area contributed by atoms with Crippen LogP contribution in [-0.2, 0) is 15.7 Å². The number of alkyl halides is 3. The summed E-state index contributed by atoms with van der Waals surface area (Å²) in [6.07, 6.45) is -3.49. The van der Waals surface area contributed by atoms with E-state index in [2.05, 4.69) is 10.3 Å². The van der Waals surface area contributed by atoms with Gasteiger partial charge in [0.15, 0.2) is 6.29 Å². The van der Waals surface area contributed by atoms with Crippen molar-refractivity contribution in [1.29, 1.82) is 0 Å². The molecule has 144 valence electrons. The smallest absolute Gasteiger partial charge is 0.384 e. The highest BCUT2D eigenvalue weighted by atomic mass is 35.5. The Morgan fingerprint density at radius 1 is 1.15 bits per heavy atom. The van der Waals surface area contributed by atoms with Crippen molar-refractivity contribution in [2.45, 2.75) is 39.2 Å². The summed E-state index contributed by atoms with van der Waals surface area (Å²) in [6.45, 7) is 5.34. The SMILES string of the molecule is CCOC(CCCNc1cc(C(F)(F)F)nc2cc(Cl)ccc12)OCC. The Morgan fingerprint density at radius 3 is 2.46 bits per heavy atom. The summed E-state index contributed by atoms with van der Waals surface area (Å²) in [4.78, 5) is 3.68. The van der Waals surface area contributed by atoms with Gasteiger partial charge in [-0.25, -0.2) is 4.98 Å². The fourth-order valence-electron chi connectivity index (χ4n) is 2.57. The second kappa shape index (κ2) is 9.39. The quantitative estimate of drug-likeness (QED) is 0.453. The minimum Gasteiger partial charge on any atom is -0.384 e. The van der Waals surface area contributed by atoms with Crippen LogP contribution in [-0.4, -0.2) is 31.0 Å². The number of halogens is 4. The molecule has 0 radical (unpaired) electrons. The minimum absolute atomic E-state index is 0.205. The molecule has 0 saturated carbocycles. The maximum absolute atomic E-state index is 13.1. The minimum atomic E-state index is -4.53. The van der Waals surface area contributed by atoms with E-state index in [1.165, 1.54) is 6.07 Å². The highest BCUT2D eigenvalue weighted by Crippen LogP contribution is 2.33. The predicted molar refractivity (Wildman–Crippen MR) is 96.5 cm³/mol. The number of rotatable bonds is 9. The van der Waals surface area contributed by atoms with Gasteiger partial charge in [0.2, 0.25) is 0 Å². The van der Waals surface area contributed by atoms with Crippen LogP contribution in [0.1, 0.15) is 32.4 Å². The van der Waals surface area contributed by atoms with Crippen LogP contribution in [0.25, 0.3) is 10.9 Å². The third-order valence-electron chi connectivity index (χ3n) is 3.70. The third-order valence-corrected chi connectivity index (χ3v) is 3.93. The molecule has 0 unspecified atom stereocenters. The summed E-state index contributed by atoms with van der Waals surface area (Å²) in [5, 5.41) is 4.00. The molecule has 26 heavy (non-hydrogen) atoms. The van der Waals surface area contributed by atoms with E-state index in [4.69, 9.17) is 21.1 Å². The van der Waals surface area contributed by atoms with E-state index >= 15 is 0 Å². The monoisotopic (exact) mass is 390 g/mol. The fourth-order valence-corrected chi connectivity index (χ4v) is 2.74. The van der Waals surface area contributed by atoms with Crippen LogP contribution < -0.4 is 5.32 Å². The fraction of sp³-hybridized carbons (Fsp3) is 0.500. The molecule has 4 nitrogen and oxygen atoms in total. The van der Waals surface area contributed by atoms with Crippen molar-refractivity contribution < 1.29 is 22.6 Å². The van der Waals surface area contributed by atoms with Gasteiger partial charge in [-0.2, -0.15) is 13.2 Å². The van der Waals surface area contributed by atoms with Crippen molar-refractivity contribution in [1.82, 2.24) is 4.98 Å². The molecule has 8 heteroatoms. The molecule has 1 aromatic carbocycles. The van der Waals surface area contributed by atoms with Crippen LogP contribution in [0, 0.1) is 0 Å². The Bertz CT molecular complexity index is 719. The Balaban J connectivity index is 2.12. The Morgan fingerprint density at radius 2 is 1.85 bits per heavy atom. The first kappa shape index (κ1) is 20.7. The summed E-state index contributed by atoms with van der Waals surface area (Å²) >= 11 is 5.89. The highest BCUT2D eigenvalue weighted by molar-refractivity contribution is 6.31. The number of pyridine rings is 1. The van der Waals surface area contributed by atoms with Gasteiger partial charge in [-0.15, -0.1) is 0 Å². The summed E-state index contributed by atoms with van der Waals surface area (Å²) in [5.41, 5.74) is -0.365. The first-order valence-electron chi connectivity index (χ1n) is 8.49. The van der Waals surface area contributed by atoms with Crippen molar-refractivity contribution in [2.75, 3.05) is 25.1 Å². The molecule has 2 rings (SSSR count). The van der Waals surface area contributed by atoms with Crippen LogP contribution in [0.4, 0.5) is 18.9 Å². The molecule has 0 saturated heterocycles. The molecular formula is C18H22ClF3N2O2. The first-order valence-corrected chi connectivity index (χ1v) is 8.87. The van der Waals surface area contributed by atoms with E-state index in [-0.39, 0.29) is 11.8 Å². The van der Waals surface area contributed by atoms with Crippen molar-refractivity contribution in [3.8, 4) is 0 Å². The van der Waals surface area contributed by atoms with Gasteiger partial charge in [-0.05, 0) is 44.5 Å². The van der Waals surface area contributed by atoms with Crippen LogP contribution in [0.15, 0.2) is 24.3 Å². The summed E-state index contributed by atoms with van der Waals surface area (Å²) in [5.74, 6) is 0. The molecule has 1 heterocycles. The molecular weight excluding hydrogens is 369 g/mol. The Labute approximate surface area is 155 Å². The average Bonchev–Trinajstić information content (AvgIpc) is 2.57. The molecule has 0 atom stereocenters. The number of nitrogens with one attached hydrogen (secondary N) is 1. The van der Waals surface area contributed by atoms with E-state index in [1.807, 2.05) is 13.8 Å². The van der Waals surface area contributed by atoms with Gasteiger partial charge in [-0.3, -0.25) is 0 Å². The molecule has 0 aliphatic rings. The lowest BCUT2D eigenvalue weighted by Gasteiger charge is -2.17. The Hall–Kier alpha value is -1.57. The molecule has 0 fully saturated rings. The summed E-state index contributed by atoms with van der Waals surface area (Å²) in [7, 11) is 0. The summed E-state index contributed by atoms with van der Waals surface area (Å²) < 4.78 is 50.2. The van der Waals surface area contributed by atoms with Crippen molar-refractivity contribution in [3.63, 3.8) is 0 Å². The van der Waals surface area contributed by atoms with Gasteiger partial charge in [-0.1, -0.05) is 11.6 Å². The average molecular weight is 391 g/mol. The van der Waals surface area contributed by atoms with Crippen molar-refractivity contribution in [2.24, 2.45) is 0 Å². The van der Waals surface area contributed by atoms with Crippen LogP contribution in [0.2, 0.25) is 5.02 Å². The lowest BCUT2D eigenvalue weighted by Crippen LogP contribution is -2.18. The molecule has 1 aromatic heterocycles. The predicted octanol–water partition coefficient (Wildman–Crippen LogP) is 5.50. The molecule has 0 amide bonds. The second-order valence-corrected chi connectivity index (χ2v) is 6.06. The third kappa shape index (κ3) is 5.72. The maximum atomic E-state index is 13.1. The maximum Gasteiger partial charge on any atom is 0.433 e. The topological polar surface area (TPSA) is 43.4 Å². The first-order chi connectivity index (χ1) is 12.3. The van der Waals surface area contributed by atoms with E-state index in [9.17, 15) is 13.2 Å². The lowest BCUT2D eigenvalue weighted by atomic mass is 10.1. The molecule has 0 aliphatic carbocycles. The zero-order valence-electron chi connectivity index (χ0n) is 14.7. The largest absolute Gasteiger partial charge is 0.433 e. The van der Waals surface area contributed by atoms with Crippen LogP contribution >= 0.6 is 11.6 Å². The van der Waals surface area contributed by atoms with Crippen LogP contribution in [0.3, 0.4) is 0 Å². The van der Waals surface area contributed by atoms with Gasteiger partial charge >= 0.3 is 6.18 Å². The molecule has 0 aliphatic heterocycles. The highest BCUT2D eigenvalue weighted by Gasteiger charge is 2.33. The number of hydrogen-bond donors (Lipinski definition) is 1. The number of anilines is 1. The van der Waals surface area contributed by atoms with Gasteiger partial charge in [0.25, 0.3) is 0 Å². The van der Waals surface area contributed by atoms with Gasteiger partial charge < -0.3 is 14.8 Å². The van der Waals surface area contributed by atoms with Gasteiger partial charge in [0, 0.05) is 42.3 Å². The molecule has 2 aromatic rings. The van der Waals surface area contributed by atoms with Gasteiger partial charge in [0.1, 0.15) is 5.69 Å². The number of ether oxygens (including phenoxy) is 2. The molecule has 1 N–H and O–H groups in total. The number of benzene rings is 1.